The second-order valence-corrected chi connectivity index (χ2v) is 8.26. The largest absolute Gasteiger partial charge is 0.444 e. The maximum absolute atomic E-state index is 12.4. The number of ether oxygens (including phenoxy) is 2. The average molecular weight is 340 g/mol. The van der Waals surface area contributed by atoms with Crippen LogP contribution in [0.25, 0.3) is 0 Å². The molecule has 2 unspecified atom stereocenters. The number of hydrogen-bond acceptors (Lipinski definition) is 4. The van der Waals surface area contributed by atoms with Crippen LogP contribution in [0.2, 0.25) is 0 Å². The van der Waals surface area contributed by atoms with Crippen molar-refractivity contribution < 1.29 is 19.1 Å². The molecule has 0 bridgehead atoms. The molecule has 0 saturated carbocycles. The van der Waals surface area contributed by atoms with E-state index in [2.05, 4.69) is 0 Å². The molecule has 138 valence electrons. The van der Waals surface area contributed by atoms with Gasteiger partial charge in [0.15, 0.2) is 0 Å². The van der Waals surface area contributed by atoms with Gasteiger partial charge in [0.25, 0.3) is 0 Å². The third-order valence-corrected chi connectivity index (χ3v) is 3.72. The maximum Gasteiger partial charge on any atom is 0.410 e. The zero-order chi connectivity index (χ0) is 18.7. The Bertz CT molecular complexity index is 444. The predicted octanol–water partition coefficient (Wildman–Crippen LogP) is 3.81. The van der Waals surface area contributed by atoms with Gasteiger partial charge >= 0.3 is 12.2 Å². The van der Waals surface area contributed by atoms with Crippen LogP contribution < -0.4 is 0 Å². The number of carbonyl (C=O) groups excluding carboxylic acids is 2. The molecule has 2 amide bonds. The van der Waals surface area contributed by atoms with E-state index >= 15 is 0 Å². The van der Waals surface area contributed by atoms with Crippen LogP contribution >= 0.6 is 0 Å². The summed E-state index contributed by atoms with van der Waals surface area (Å²) in [6.45, 7) is 11.0. The molecule has 0 radical (unpaired) electrons. The Morgan fingerprint density at radius 1 is 0.792 bits per heavy atom. The van der Waals surface area contributed by atoms with Crippen LogP contribution in [0.15, 0.2) is 12.2 Å². The van der Waals surface area contributed by atoms with Crippen LogP contribution in [0, 0.1) is 0 Å². The molecular weight excluding hydrogens is 308 g/mol. The van der Waals surface area contributed by atoms with Crippen molar-refractivity contribution in [2.24, 2.45) is 0 Å². The summed E-state index contributed by atoms with van der Waals surface area (Å²) in [7, 11) is 3.43. The lowest BCUT2D eigenvalue weighted by molar-refractivity contribution is -0.00212. The Morgan fingerprint density at radius 3 is 1.33 bits per heavy atom. The molecule has 0 N–H and O–H groups in total. The van der Waals surface area contributed by atoms with Crippen LogP contribution in [0.5, 0.6) is 0 Å². The van der Waals surface area contributed by atoms with E-state index in [1.54, 1.807) is 23.9 Å². The smallest absolute Gasteiger partial charge is 0.410 e. The van der Waals surface area contributed by atoms with E-state index in [4.69, 9.17) is 9.47 Å². The third kappa shape index (κ3) is 6.06. The Morgan fingerprint density at radius 2 is 1.08 bits per heavy atom. The number of likely N-dealkylation sites (N-methyl/N-ethyl adjacent to an activating group) is 2. The molecule has 0 spiro atoms. The van der Waals surface area contributed by atoms with E-state index in [1.165, 1.54) is 0 Å². The first-order chi connectivity index (χ1) is 10.8. The zero-order valence-corrected chi connectivity index (χ0v) is 16.3. The monoisotopic (exact) mass is 340 g/mol. The van der Waals surface area contributed by atoms with E-state index in [0.29, 0.717) is 12.8 Å². The van der Waals surface area contributed by atoms with Crippen LogP contribution in [-0.2, 0) is 9.47 Å². The molecule has 0 fully saturated rings. The maximum atomic E-state index is 12.4. The van der Waals surface area contributed by atoms with Crippen LogP contribution in [0.1, 0.15) is 54.4 Å². The standard InChI is InChI=1S/C18H32N2O4/c1-17(2,3)23-15(21)19(7)13-11-9-10-12-14(13)20(8)16(22)24-18(4,5)6/h9-10,13-14H,11-12H2,1-8H3. The van der Waals surface area contributed by atoms with E-state index in [0.717, 1.165) is 0 Å². The molecule has 6 nitrogen and oxygen atoms in total. The minimum Gasteiger partial charge on any atom is -0.444 e. The van der Waals surface area contributed by atoms with Gasteiger partial charge in [-0.2, -0.15) is 0 Å². The molecule has 1 aliphatic carbocycles. The van der Waals surface area contributed by atoms with Gasteiger partial charge in [-0.3, -0.25) is 0 Å². The molecule has 0 aromatic carbocycles. The second-order valence-electron chi connectivity index (χ2n) is 8.26. The fraction of sp³-hybridized carbons (Fsp3) is 0.778. The lowest BCUT2D eigenvalue weighted by Crippen LogP contribution is -2.54. The molecule has 0 heterocycles. The van der Waals surface area contributed by atoms with Gasteiger partial charge in [0.05, 0.1) is 12.1 Å². The van der Waals surface area contributed by atoms with Crippen molar-refractivity contribution in [1.29, 1.82) is 0 Å². The van der Waals surface area contributed by atoms with Crippen molar-refractivity contribution in [3.63, 3.8) is 0 Å². The normalized spacial score (nSPS) is 21.2. The van der Waals surface area contributed by atoms with Crippen molar-refractivity contribution in [1.82, 2.24) is 9.80 Å². The number of hydrogen-bond donors (Lipinski definition) is 0. The molecule has 0 aromatic rings. The van der Waals surface area contributed by atoms with Gasteiger partial charge < -0.3 is 19.3 Å². The molecule has 1 aliphatic rings. The van der Waals surface area contributed by atoms with Gasteiger partial charge in [-0.1, -0.05) is 12.2 Å². The van der Waals surface area contributed by atoms with Gasteiger partial charge in [-0.05, 0) is 54.4 Å². The lowest BCUT2D eigenvalue weighted by Gasteiger charge is -2.41. The Balaban J connectivity index is 2.87. The first-order valence-electron chi connectivity index (χ1n) is 8.38. The summed E-state index contributed by atoms with van der Waals surface area (Å²) >= 11 is 0. The summed E-state index contributed by atoms with van der Waals surface area (Å²) in [4.78, 5) is 27.9. The Hall–Kier alpha value is -1.72. The van der Waals surface area contributed by atoms with E-state index in [-0.39, 0.29) is 24.3 Å². The van der Waals surface area contributed by atoms with Crippen molar-refractivity contribution in [2.45, 2.75) is 77.7 Å². The summed E-state index contributed by atoms with van der Waals surface area (Å²) in [5.41, 5.74) is -1.11. The highest BCUT2D eigenvalue weighted by Crippen LogP contribution is 2.24. The number of nitrogens with zero attached hydrogens (tertiary/aromatic N) is 2. The number of rotatable bonds is 2. The summed E-state index contributed by atoms with van der Waals surface area (Å²) in [6.07, 6.45) is 4.65. The van der Waals surface area contributed by atoms with Gasteiger partial charge in [0.2, 0.25) is 0 Å². The first-order valence-corrected chi connectivity index (χ1v) is 8.38. The predicted molar refractivity (Wildman–Crippen MR) is 93.9 cm³/mol. The molecule has 1 rings (SSSR count). The highest BCUT2D eigenvalue weighted by molar-refractivity contribution is 5.70. The molecule has 0 aromatic heterocycles. The summed E-state index contributed by atoms with van der Waals surface area (Å²) < 4.78 is 10.9. The van der Waals surface area contributed by atoms with Gasteiger partial charge in [0.1, 0.15) is 11.2 Å². The van der Waals surface area contributed by atoms with Crippen molar-refractivity contribution in [3.05, 3.63) is 12.2 Å². The summed E-state index contributed by atoms with van der Waals surface area (Å²) in [5, 5.41) is 0. The molecule has 24 heavy (non-hydrogen) atoms. The topological polar surface area (TPSA) is 59.1 Å². The second kappa shape index (κ2) is 7.45. The van der Waals surface area contributed by atoms with Gasteiger partial charge in [-0.25, -0.2) is 9.59 Å². The summed E-state index contributed by atoms with van der Waals surface area (Å²) in [6, 6.07) is -0.301. The fourth-order valence-corrected chi connectivity index (χ4v) is 2.56. The van der Waals surface area contributed by atoms with Crippen LogP contribution in [0.4, 0.5) is 9.59 Å². The SMILES string of the molecule is CN(C(=O)OC(C)(C)C)C1CC=CCC1N(C)C(=O)OC(C)(C)C. The van der Waals surface area contributed by atoms with E-state index in [1.807, 2.05) is 53.7 Å². The van der Waals surface area contributed by atoms with Crippen molar-refractivity contribution >= 4 is 12.2 Å². The summed E-state index contributed by atoms with van der Waals surface area (Å²) in [5.74, 6) is 0. The van der Waals surface area contributed by atoms with E-state index < -0.39 is 11.2 Å². The van der Waals surface area contributed by atoms with Crippen LogP contribution in [0.3, 0.4) is 0 Å². The van der Waals surface area contributed by atoms with Crippen LogP contribution in [-0.4, -0.2) is 59.4 Å². The van der Waals surface area contributed by atoms with Crippen molar-refractivity contribution in [2.75, 3.05) is 14.1 Å². The van der Waals surface area contributed by atoms with Gasteiger partial charge in [0, 0.05) is 14.1 Å². The quantitative estimate of drug-likeness (QED) is 0.717. The minimum absolute atomic E-state index is 0.151. The fourth-order valence-electron chi connectivity index (χ4n) is 2.56. The molecule has 6 heteroatoms. The highest BCUT2D eigenvalue weighted by atomic mass is 16.6. The number of amides is 2. The Labute approximate surface area is 145 Å². The lowest BCUT2D eigenvalue weighted by atomic mass is 9.94. The van der Waals surface area contributed by atoms with Crippen molar-refractivity contribution in [3.8, 4) is 0 Å². The molecule has 0 aliphatic heterocycles. The highest BCUT2D eigenvalue weighted by Gasteiger charge is 2.36. The number of carbonyl (C=O) groups is 2. The molecular formula is C18H32N2O4. The molecule has 0 saturated heterocycles. The average Bonchev–Trinajstić information content (AvgIpc) is 2.42. The molecule has 2 atom stereocenters. The zero-order valence-electron chi connectivity index (χ0n) is 16.3. The minimum atomic E-state index is -0.553. The Kier molecular flexibility index (Phi) is 6.31. The van der Waals surface area contributed by atoms with Gasteiger partial charge in [-0.15, -0.1) is 0 Å². The first kappa shape index (κ1) is 20.3. The third-order valence-electron chi connectivity index (χ3n) is 3.72. The van der Waals surface area contributed by atoms with E-state index in [9.17, 15) is 9.59 Å².